The maximum absolute atomic E-state index is 13.5. The highest BCUT2D eigenvalue weighted by atomic mass is 35.5. The van der Waals surface area contributed by atoms with Gasteiger partial charge in [0.1, 0.15) is 5.75 Å². The number of nitrogens with one attached hydrogen (secondary N) is 2. The third-order valence-electron chi connectivity index (χ3n) is 5.50. The largest absolute Gasteiger partial charge is 0.507 e. The molecule has 6 nitrogen and oxygen atoms in total. The lowest BCUT2D eigenvalue weighted by Crippen LogP contribution is -2.18. The van der Waals surface area contributed by atoms with Crippen molar-refractivity contribution < 1.29 is 23.4 Å². The zero-order chi connectivity index (χ0) is 26.3. The molecular weight excluding hydrogens is 515 g/mol. The fraction of sp³-hybridized carbons (Fsp3) is 0.360. The van der Waals surface area contributed by atoms with Gasteiger partial charge in [0.2, 0.25) is 0 Å². The summed E-state index contributed by atoms with van der Waals surface area (Å²) >= 11 is 7.12. The van der Waals surface area contributed by atoms with Crippen molar-refractivity contribution in [1.29, 1.82) is 5.26 Å². The summed E-state index contributed by atoms with van der Waals surface area (Å²) in [5.41, 5.74) is -1.02. The van der Waals surface area contributed by atoms with Gasteiger partial charge in [0.25, 0.3) is 5.56 Å². The zero-order valence-corrected chi connectivity index (χ0v) is 20.7. The molecule has 4 N–H and O–H groups in total. The summed E-state index contributed by atoms with van der Waals surface area (Å²) in [7, 11) is 0. The van der Waals surface area contributed by atoms with Crippen LogP contribution in [0.15, 0.2) is 46.1 Å². The fourth-order valence-electron chi connectivity index (χ4n) is 3.73. The van der Waals surface area contributed by atoms with Crippen molar-refractivity contribution >= 4 is 34.3 Å². The van der Waals surface area contributed by atoms with E-state index in [4.69, 9.17) is 16.9 Å². The molecule has 1 atom stereocenters. The van der Waals surface area contributed by atoms with Crippen molar-refractivity contribution in [1.82, 2.24) is 10.3 Å². The molecule has 0 amide bonds. The molecule has 0 saturated carbocycles. The van der Waals surface area contributed by atoms with Crippen LogP contribution < -0.4 is 10.9 Å². The number of hydrogen-bond acceptors (Lipinski definition) is 6. The molecule has 0 saturated heterocycles. The fourth-order valence-corrected chi connectivity index (χ4v) is 4.97. The summed E-state index contributed by atoms with van der Waals surface area (Å²) in [6.07, 6.45) is -2.96. The van der Waals surface area contributed by atoms with Gasteiger partial charge in [-0.15, -0.1) is 11.8 Å². The van der Waals surface area contributed by atoms with Crippen molar-refractivity contribution in [3.05, 3.63) is 57.3 Å². The second-order valence-electron chi connectivity index (χ2n) is 8.20. The number of nitriles is 1. The van der Waals surface area contributed by atoms with Crippen LogP contribution in [0, 0.1) is 11.3 Å². The number of phenolic OH excluding ortho intramolecular Hbond substituents is 1. The predicted octanol–water partition coefficient (Wildman–Crippen LogP) is 5.70. The maximum atomic E-state index is 13.5. The van der Waals surface area contributed by atoms with Gasteiger partial charge < -0.3 is 20.5 Å². The Bertz CT molecular complexity index is 1310. The molecule has 192 valence electrons. The topological polar surface area (TPSA) is 109 Å². The van der Waals surface area contributed by atoms with Gasteiger partial charge in [-0.05, 0) is 62.2 Å². The number of H-pyrrole nitrogens is 1. The van der Waals surface area contributed by atoms with Gasteiger partial charge in [0, 0.05) is 45.8 Å². The molecule has 0 bridgehead atoms. The number of phenols is 1. The molecule has 3 aromatic rings. The highest BCUT2D eigenvalue weighted by Crippen LogP contribution is 2.42. The van der Waals surface area contributed by atoms with Crippen LogP contribution in [0.25, 0.3) is 22.0 Å². The number of aromatic nitrogens is 1. The van der Waals surface area contributed by atoms with E-state index < -0.39 is 23.4 Å². The normalized spacial score (nSPS) is 12.6. The molecule has 1 heterocycles. The summed E-state index contributed by atoms with van der Waals surface area (Å²) in [4.78, 5) is 15.7. The van der Waals surface area contributed by atoms with Gasteiger partial charge >= 0.3 is 6.18 Å². The molecule has 0 aliphatic heterocycles. The van der Waals surface area contributed by atoms with Crippen LogP contribution in [0.3, 0.4) is 0 Å². The number of benzene rings is 2. The number of pyridine rings is 1. The van der Waals surface area contributed by atoms with E-state index in [9.17, 15) is 28.2 Å². The van der Waals surface area contributed by atoms with Crippen molar-refractivity contribution in [2.75, 3.05) is 18.8 Å². The van der Waals surface area contributed by atoms with E-state index >= 15 is 0 Å². The van der Waals surface area contributed by atoms with Crippen molar-refractivity contribution in [3.8, 4) is 22.9 Å². The van der Waals surface area contributed by atoms with Gasteiger partial charge in [0.15, 0.2) is 0 Å². The van der Waals surface area contributed by atoms with E-state index in [2.05, 4.69) is 10.3 Å². The number of aromatic hydroxyl groups is 1. The van der Waals surface area contributed by atoms with Crippen LogP contribution in [0.5, 0.6) is 5.75 Å². The predicted molar refractivity (Wildman–Crippen MR) is 135 cm³/mol. The Morgan fingerprint density at radius 3 is 2.67 bits per heavy atom. The third-order valence-corrected chi connectivity index (χ3v) is 6.96. The molecule has 36 heavy (non-hydrogen) atoms. The van der Waals surface area contributed by atoms with Crippen LogP contribution >= 0.6 is 23.4 Å². The molecule has 3 rings (SSSR count). The van der Waals surface area contributed by atoms with Gasteiger partial charge in [-0.2, -0.15) is 18.4 Å². The minimum absolute atomic E-state index is 0.0802. The maximum Gasteiger partial charge on any atom is 0.416 e. The van der Waals surface area contributed by atoms with Crippen molar-refractivity contribution in [2.24, 2.45) is 0 Å². The molecular formula is C25H25ClF3N3O3S. The number of aliphatic hydroxyl groups excluding tert-OH is 1. The van der Waals surface area contributed by atoms with Gasteiger partial charge in [-0.3, -0.25) is 4.79 Å². The molecule has 0 aliphatic carbocycles. The lowest BCUT2D eigenvalue weighted by Gasteiger charge is -2.17. The Labute approximate surface area is 215 Å². The summed E-state index contributed by atoms with van der Waals surface area (Å²) in [6.45, 7) is 1.32. The van der Waals surface area contributed by atoms with Gasteiger partial charge in [0.05, 0.1) is 22.6 Å². The number of rotatable bonds is 11. The summed E-state index contributed by atoms with van der Waals surface area (Å²) < 4.78 is 40.4. The molecule has 11 heteroatoms. The molecule has 0 aliphatic rings. The van der Waals surface area contributed by atoms with Crippen LogP contribution in [-0.4, -0.2) is 40.1 Å². The third kappa shape index (κ3) is 7.17. The van der Waals surface area contributed by atoms with E-state index in [1.807, 2.05) is 6.07 Å². The Kier molecular flexibility index (Phi) is 9.68. The number of halogens is 4. The quantitative estimate of drug-likeness (QED) is 0.184. The van der Waals surface area contributed by atoms with E-state index in [0.717, 1.165) is 30.3 Å². The summed E-state index contributed by atoms with van der Waals surface area (Å²) in [5, 5.41) is 32.9. The van der Waals surface area contributed by atoms with Crippen molar-refractivity contribution in [3.63, 3.8) is 0 Å². The first-order valence-corrected chi connectivity index (χ1v) is 12.6. The first-order chi connectivity index (χ1) is 17.1. The van der Waals surface area contributed by atoms with Crippen LogP contribution in [0.4, 0.5) is 13.2 Å². The smallest absolute Gasteiger partial charge is 0.416 e. The summed E-state index contributed by atoms with van der Waals surface area (Å²) in [5.74, 6) is -0.112. The minimum atomic E-state index is -4.61. The Morgan fingerprint density at radius 1 is 1.17 bits per heavy atom. The standard InChI is InChI=1S/C25H25ClF3N3O3S/c26-16-6-8-21(34)19(13-16)22-18-12-15(25(27,28)29)5-7-20(18)32-24(35)23(22)36-14-17(33)4-1-2-10-31-11-3-9-30/h5-8,12-13,17,31,33-34H,1-4,10-11,14H2,(H,32,35). The average molecular weight is 540 g/mol. The average Bonchev–Trinajstić information content (AvgIpc) is 2.82. The number of thioether (sulfide) groups is 1. The molecule has 0 fully saturated rings. The van der Waals surface area contributed by atoms with E-state index in [0.29, 0.717) is 32.4 Å². The van der Waals surface area contributed by atoms with E-state index in [1.54, 1.807) is 0 Å². The minimum Gasteiger partial charge on any atom is -0.507 e. The molecule has 0 radical (unpaired) electrons. The van der Waals surface area contributed by atoms with Crippen LogP contribution in [-0.2, 0) is 6.18 Å². The number of aromatic amines is 1. The van der Waals surface area contributed by atoms with Crippen LogP contribution in [0.2, 0.25) is 5.02 Å². The lowest BCUT2D eigenvalue weighted by molar-refractivity contribution is -0.137. The number of fused-ring (bicyclic) bond motifs is 1. The van der Waals surface area contributed by atoms with Crippen molar-refractivity contribution in [2.45, 2.75) is 42.9 Å². The number of unbranched alkanes of at least 4 members (excludes halogenated alkanes) is 1. The number of alkyl halides is 3. The highest BCUT2D eigenvalue weighted by Gasteiger charge is 2.31. The SMILES string of the molecule is N#CCCNCCCCC(O)CSc1c(-c2cc(Cl)ccc2O)c2cc(C(F)(F)F)ccc2[nH]c1=O. The van der Waals surface area contributed by atoms with E-state index in [1.165, 1.54) is 24.3 Å². The molecule has 1 aromatic heterocycles. The highest BCUT2D eigenvalue weighted by molar-refractivity contribution is 7.99. The van der Waals surface area contributed by atoms with Crippen LogP contribution in [0.1, 0.15) is 31.2 Å². The Hall–Kier alpha value is -2.71. The Morgan fingerprint density at radius 2 is 1.94 bits per heavy atom. The van der Waals surface area contributed by atoms with E-state index in [-0.39, 0.29) is 43.5 Å². The molecule has 1 unspecified atom stereocenters. The monoisotopic (exact) mass is 539 g/mol. The summed E-state index contributed by atoms with van der Waals surface area (Å²) in [6, 6.07) is 9.18. The first kappa shape index (κ1) is 27.9. The first-order valence-electron chi connectivity index (χ1n) is 11.3. The number of nitrogens with zero attached hydrogens (tertiary/aromatic N) is 1. The second kappa shape index (κ2) is 12.5. The zero-order valence-electron chi connectivity index (χ0n) is 19.2. The number of hydrogen-bond donors (Lipinski definition) is 4. The number of aliphatic hydroxyl groups is 1. The second-order valence-corrected chi connectivity index (χ2v) is 9.66. The molecule has 2 aromatic carbocycles. The van der Waals surface area contributed by atoms with Gasteiger partial charge in [-0.25, -0.2) is 0 Å². The molecule has 0 spiro atoms. The lowest BCUT2D eigenvalue weighted by atomic mass is 9.98. The Balaban J connectivity index is 1.91. The van der Waals surface area contributed by atoms with Gasteiger partial charge in [-0.1, -0.05) is 11.6 Å².